The van der Waals surface area contributed by atoms with Crippen molar-refractivity contribution in [1.29, 1.82) is 0 Å². The lowest BCUT2D eigenvalue weighted by atomic mass is 10.1. The lowest BCUT2D eigenvalue weighted by Crippen LogP contribution is -2.49. The van der Waals surface area contributed by atoms with Gasteiger partial charge in [0.2, 0.25) is 10.0 Å². The van der Waals surface area contributed by atoms with Crippen LogP contribution in [0.15, 0.2) is 12.3 Å². The highest BCUT2D eigenvalue weighted by Crippen LogP contribution is 2.15. The van der Waals surface area contributed by atoms with Crippen LogP contribution in [-0.2, 0) is 10.0 Å². The summed E-state index contributed by atoms with van der Waals surface area (Å²) in [5, 5.41) is 0. The summed E-state index contributed by atoms with van der Waals surface area (Å²) in [4.78, 5) is 16.6. The summed E-state index contributed by atoms with van der Waals surface area (Å²) < 4.78 is 25.0. The first-order valence-corrected chi connectivity index (χ1v) is 7.95. The Hall–Kier alpha value is -1.54. The molecule has 1 aliphatic heterocycles. The first-order chi connectivity index (χ1) is 8.85. The maximum absolute atomic E-state index is 12.2. The second kappa shape index (κ2) is 5.22. The SMILES string of the molecule is CS(=O)(=O)NC1CCCN(C(=O)c2cc(N)c[nH]2)C1. The van der Waals surface area contributed by atoms with Crippen LogP contribution in [0.3, 0.4) is 0 Å². The predicted octanol–water partition coefficient (Wildman–Crippen LogP) is -0.249. The summed E-state index contributed by atoms with van der Waals surface area (Å²) >= 11 is 0. The lowest BCUT2D eigenvalue weighted by molar-refractivity contribution is 0.0698. The zero-order valence-corrected chi connectivity index (χ0v) is 11.5. The molecule has 2 heterocycles. The Morgan fingerprint density at radius 3 is 2.89 bits per heavy atom. The predicted molar refractivity (Wildman–Crippen MR) is 72.1 cm³/mol. The molecule has 0 saturated carbocycles. The van der Waals surface area contributed by atoms with Crippen molar-refractivity contribution in [3.05, 3.63) is 18.0 Å². The molecule has 0 bridgehead atoms. The number of hydrogen-bond donors (Lipinski definition) is 3. The third kappa shape index (κ3) is 3.71. The van der Waals surface area contributed by atoms with Gasteiger partial charge in [-0.3, -0.25) is 4.79 Å². The van der Waals surface area contributed by atoms with E-state index in [2.05, 4.69) is 9.71 Å². The minimum absolute atomic E-state index is 0.156. The molecule has 1 fully saturated rings. The Bertz CT molecular complexity index is 566. The Kier molecular flexibility index (Phi) is 3.81. The summed E-state index contributed by atoms with van der Waals surface area (Å²) in [6.07, 6.45) is 4.20. The van der Waals surface area contributed by atoms with E-state index in [9.17, 15) is 13.2 Å². The second-order valence-electron chi connectivity index (χ2n) is 4.83. The molecular weight excluding hydrogens is 268 g/mol. The van der Waals surface area contributed by atoms with Crippen molar-refractivity contribution in [1.82, 2.24) is 14.6 Å². The van der Waals surface area contributed by atoms with E-state index in [4.69, 9.17) is 5.73 Å². The van der Waals surface area contributed by atoms with Gasteiger partial charge in [-0.15, -0.1) is 0 Å². The Labute approximate surface area is 112 Å². The Morgan fingerprint density at radius 2 is 2.32 bits per heavy atom. The number of carbonyl (C=O) groups excluding carboxylic acids is 1. The number of aromatic nitrogens is 1. The lowest BCUT2D eigenvalue weighted by Gasteiger charge is -2.32. The molecule has 1 aliphatic rings. The van der Waals surface area contributed by atoms with Gasteiger partial charge in [0.05, 0.1) is 6.26 Å². The third-order valence-corrected chi connectivity index (χ3v) is 3.79. The number of likely N-dealkylation sites (tertiary alicyclic amines) is 1. The van der Waals surface area contributed by atoms with E-state index in [-0.39, 0.29) is 11.9 Å². The summed E-state index contributed by atoms with van der Waals surface area (Å²) in [6.45, 7) is 1.00. The van der Waals surface area contributed by atoms with Crippen molar-refractivity contribution in [3.63, 3.8) is 0 Å². The van der Waals surface area contributed by atoms with Crippen molar-refractivity contribution in [3.8, 4) is 0 Å². The topological polar surface area (TPSA) is 108 Å². The molecule has 1 unspecified atom stereocenters. The number of nitrogen functional groups attached to an aromatic ring is 1. The van der Waals surface area contributed by atoms with Gasteiger partial charge in [-0.25, -0.2) is 13.1 Å². The van der Waals surface area contributed by atoms with Crippen LogP contribution < -0.4 is 10.5 Å². The Balaban J connectivity index is 2.03. The average Bonchev–Trinajstić information content (AvgIpc) is 2.73. The molecule has 0 spiro atoms. The molecule has 1 aromatic heterocycles. The minimum Gasteiger partial charge on any atom is -0.397 e. The minimum atomic E-state index is -3.25. The zero-order valence-electron chi connectivity index (χ0n) is 10.7. The largest absolute Gasteiger partial charge is 0.397 e. The number of nitrogens with zero attached hydrogens (tertiary/aromatic N) is 1. The molecule has 0 aliphatic carbocycles. The van der Waals surface area contributed by atoms with Crippen molar-refractivity contribution in [2.45, 2.75) is 18.9 Å². The number of rotatable bonds is 3. The quantitative estimate of drug-likeness (QED) is 0.712. The van der Waals surface area contributed by atoms with E-state index in [1.165, 1.54) is 0 Å². The number of piperidine rings is 1. The molecule has 1 amide bonds. The first kappa shape index (κ1) is 13.9. The van der Waals surface area contributed by atoms with Crippen molar-refractivity contribution in [2.75, 3.05) is 25.1 Å². The molecule has 4 N–H and O–H groups in total. The summed E-state index contributed by atoms with van der Waals surface area (Å²) in [7, 11) is -3.25. The maximum atomic E-state index is 12.2. The number of aromatic amines is 1. The standard InChI is InChI=1S/C11H18N4O3S/c1-19(17,18)14-9-3-2-4-15(7-9)11(16)10-5-8(12)6-13-10/h5-6,9,13-14H,2-4,7,12H2,1H3. The van der Waals surface area contributed by atoms with Gasteiger partial charge in [-0.2, -0.15) is 0 Å². The molecule has 0 aromatic carbocycles. The van der Waals surface area contributed by atoms with Crippen LogP contribution in [0.25, 0.3) is 0 Å². The molecular formula is C11H18N4O3S. The van der Waals surface area contributed by atoms with Gasteiger partial charge >= 0.3 is 0 Å². The molecule has 0 radical (unpaired) electrons. The summed E-state index contributed by atoms with van der Waals surface area (Å²) in [6, 6.07) is 1.36. The highest BCUT2D eigenvalue weighted by Gasteiger charge is 2.26. The number of H-pyrrole nitrogens is 1. The van der Waals surface area contributed by atoms with Crippen molar-refractivity contribution in [2.24, 2.45) is 0 Å². The summed E-state index contributed by atoms with van der Waals surface area (Å²) in [5.74, 6) is -0.156. The molecule has 7 nitrogen and oxygen atoms in total. The molecule has 2 rings (SSSR count). The summed E-state index contributed by atoms with van der Waals surface area (Å²) in [5.41, 5.74) is 6.50. The van der Waals surface area contributed by atoms with Gasteiger partial charge in [0.25, 0.3) is 5.91 Å². The van der Waals surface area contributed by atoms with Crippen LogP contribution in [0.2, 0.25) is 0 Å². The van der Waals surface area contributed by atoms with E-state index in [0.29, 0.717) is 24.5 Å². The van der Waals surface area contributed by atoms with Crippen molar-refractivity contribution >= 4 is 21.6 Å². The van der Waals surface area contributed by atoms with Crippen molar-refractivity contribution < 1.29 is 13.2 Å². The van der Waals surface area contributed by atoms with Crippen LogP contribution >= 0.6 is 0 Å². The molecule has 19 heavy (non-hydrogen) atoms. The maximum Gasteiger partial charge on any atom is 0.270 e. The number of nitrogens with one attached hydrogen (secondary N) is 2. The highest BCUT2D eigenvalue weighted by atomic mass is 32.2. The number of amides is 1. The van der Waals surface area contributed by atoms with E-state index in [0.717, 1.165) is 19.1 Å². The number of hydrogen-bond acceptors (Lipinski definition) is 4. The zero-order chi connectivity index (χ0) is 14.0. The fourth-order valence-electron chi connectivity index (χ4n) is 2.27. The van der Waals surface area contributed by atoms with Gasteiger partial charge in [-0.05, 0) is 18.9 Å². The highest BCUT2D eigenvalue weighted by molar-refractivity contribution is 7.88. The monoisotopic (exact) mass is 286 g/mol. The van der Waals surface area contributed by atoms with E-state index in [1.54, 1.807) is 17.2 Å². The van der Waals surface area contributed by atoms with Gasteiger partial charge in [0, 0.05) is 31.0 Å². The Morgan fingerprint density at radius 1 is 1.58 bits per heavy atom. The van der Waals surface area contributed by atoms with E-state index in [1.807, 2.05) is 0 Å². The second-order valence-corrected chi connectivity index (χ2v) is 6.61. The van der Waals surface area contributed by atoms with E-state index >= 15 is 0 Å². The molecule has 1 aromatic rings. The van der Waals surface area contributed by atoms with E-state index < -0.39 is 10.0 Å². The van der Waals surface area contributed by atoms with Gasteiger partial charge in [-0.1, -0.05) is 0 Å². The van der Waals surface area contributed by atoms with Crippen LogP contribution in [-0.4, -0.2) is 49.6 Å². The fourth-order valence-corrected chi connectivity index (χ4v) is 3.06. The average molecular weight is 286 g/mol. The van der Waals surface area contributed by atoms with Gasteiger partial charge in [0.15, 0.2) is 0 Å². The van der Waals surface area contributed by atoms with Crippen LogP contribution in [0, 0.1) is 0 Å². The molecule has 1 saturated heterocycles. The van der Waals surface area contributed by atoms with Crippen LogP contribution in [0.5, 0.6) is 0 Å². The van der Waals surface area contributed by atoms with Crippen LogP contribution in [0.4, 0.5) is 5.69 Å². The third-order valence-electron chi connectivity index (χ3n) is 3.03. The van der Waals surface area contributed by atoms with Gasteiger partial charge in [0.1, 0.15) is 5.69 Å². The normalized spacial score (nSPS) is 20.5. The number of nitrogens with two attached hydrogens (primary N) is 1. The van der Waals surface area contributed by atoms with Crippen LogP contribution in [0.1, 0.15) is 23.3 Å². The number of anilines is 1. The number of sulfonamides is 1. The smallest absolute Gasteiger partial charge is 0.270 e. The fraction of sp³-hybridized carbons (Fsp3) is 0.545. The molecule has 106 valence electrons. The van der Waals surface area contributed by atoms with Gasteiger partial charge < -0.3 is 15.6 Å². The first-order valence-electron chi connectivity index (χ1n) is 6.05. The number of carbonyl (C=O) groups is 1. The molecule has 8 heteroatoms. The molecule has 1 atom stereocenters.